The summed E-state index contributed by atoms with van der Waals surface area (Å²) in [7, 11) is 2.06. The van der Waals surface area contributed by atoms with Crippen LogP contribution in [0.3, 0.4) is 0 Å². The van der Waals surface area contributed by atoms with Crippen molar-refractivity contribution in [1.82, 2.24) is 5.32 Å². The van der Waals surface area contributed by atoms with Crippen molar-refractivity contribution in [2.75, 3.05) is 7.05 Å². The number of rotatable bonds is 1. The van der Waals surface area contributed by atoms with Crippen LogP contribution >= 0.6 is 15.9 Å². The van der Waals surface area contributed by atoms with Crippen molar-refractivity contribution in [3.05, 3.63) is 28.2 Å². The molecule has 2 aliphatic rings. The number of fused-ring (bicyclic) bond motifs is 1. The number of halogens is 1. The zero-order chi connectivity index (χ0) is 14.3. The van der Waals surface area contributed by atoms with Crippen molar-refractivity contribution in [2.45, 2.75) is 51.2 Å². The second-order valence-electron chi connectivity index (χ2n) is 6.55. The molecule has 3 heteroatoms. The molecular formula is C17H24BrNO. The van der Waals surface area contributed by atoms with E-state index in [-0.39, 0.29) is 5.60 Å². The van der Waals surface area contributed by atoms with Gasteiger partial charge in [-0.05, 0) is 49.9 Å². The Kier molecular flexibility index (Phi) is 3.85. The Hall–Kier alpha value is -0.540. The monoisotopic (exact) mass is 337 g/mol. The highest BCUT2D eigenvalue weighted by Crippen LogP contribution is 2.50. The molecule has 0 radical (unpaired) electrons. The zero-order valence-electron chi connectivity index (χ0n) is 12.6. The van der Waals surface area contributed by atoms with Gasteiger partial charge in [-0.2, -0.15) is 0 Å². The third kappa shape index (κ3) is 2.29. The van der Waals surface area contributed by atoms with Gasteiger partial charge >= 0.3 is 0 Å². The fourth-order valence-electron chi connectivity index (χ4n) is 4.01. The smallest absolute Gasteiger partial charge is 0.125 e. The lowest BCUT2D eigenvalue weighted by Gasteiger charge is -2.50. The topological polar surface area (TPSA) is 21.3 Å². The Morgan fingerprint density at radius 3 is 2.90 bits per heavy atom. The maximum atomic E-state index is 6.57. The number of ether oxygens (including phenoxy) is 1. The Balaban J connectivity index is 2.00. The first-order valence-electron chi connectivity index (χ1n) is 7.71. The van der Waals surface area contributed by atoms with E-state index in [1.54, 1.807) is 0 Å². The van der Waals surface area contributed by atoms with Crippen molar-refractivity contribution in [3.8, 4) is 5.75 Å². The molecule has 4 atom stereocenters. The summed E-state index contributed by atoms with van der Waals surface area (Å²) in [5.74, 6) is 2.43. The lowest BCUT2D eigenvalue weighted by atomic mass is 9.66. The number of nitrogens with one attached hydrogen (secondary N) is 1. The SMILES string of the molecule is CNC1CC2(CCCC(C)C2C)Oc2ccc(Br)cc21. The summed E-state index contributed by atoms with van der Waals surface area (Å²) in [4.78, 5) is 0. The Labute approximate surface area is 130 Å². The minimum atomic E-state index is 0.0200. The largest absolute Gasteiger partial charge is 0.487 e. The van der Waals surface area contributed by atoms with E-state index in [9.17, 15) is 0 Å². The Morgan fingerprint density at radius 2 is 2.15 bits per heavy atom. The predicted molar refractivity (Wildman–Crippen MR) is 86.1 cm³/mol. The van der Waals surface area contributed by atoms with E-state index >= 15 is 0 Å². The molecule has 1 heterocycles. The molecule has 20 heavy (non-hydrogen) atoms. The van der Waals surface area contributed by atoms with Crippen LogP contribution < -0.4 is 10.1 Å². The van der Waals surface area contributed by atoms with Crippen LogP contribution in [0.2, 0.25) is 0 Å². The first-order chi connectivity index (χ1) is 9.55. The highest BCUT2D eigenvalue weighted by atomic mass is 79.9. The van der Waals surface area contributed by atoms with Crippen molar-refractivity contribution in [2.24, 2.45) is 11.8 Å². The predicted octanol–water partition coefficient (Wildman–Crippen LogP) is 4.69. The molecule has 3 rings (SSSR count). The zero-order valence-corrected chi connectivity index (χ0v) is 14.2. The van der Waals surface area contributed by atoms with Crippen LogP contribution in [0.4, 0.5) is 0 Å². The van der Waals surface area contributed by atoms with Gasteiger partial charge in [0.15, 0.2) is 0 Å². The maximum Gasteiger partial charge on any atom is 0.125 e. The number of benzene rings is 1. The molecule has 1 aliphatic carbocycles. The lowest BCUT2D eigenvalue weighted by Crippen LogP contribution is -2.52. The van der Waals surface area contributed by atoms with E-state index in [0.717, 1.165) is 22.6 Å². The minimum Gasteiger partial charge on any atom is -0.487 e. The molecule has 1 aromatic rings. The van der Waals surface area contributed by atoms with Gasteiger partial charge in [0.2, 0.25) is 0 Å². The number of hydrogen-bond acceptors (Lipinski definition) is 2. The van der Waals surface area contributed by atoms with Crippen LogP contribution in [-0.4, -0.2) is 12.6 Å². The molecule has 2 nitrogen and oxygen atoms in total. The molecule has 1 N–H and O–H groups in total. The van der Waals surface area contributed by atoms with Crippen LogP contribution in [0.25, 0.3) is 0 Å². The summed E-state index contributed by atoms with van der Waals surface area (Å²) >= 11 is 3.57. The molecule has 4 unspecified atom stereocenters. The minimum absolute atomic E-state index is 0.0200. The fraction of sp³-hybridized carbons (Fsp3) is 0.647. The molecule has 1 fully saturated rings. The van der Waals surface area contributed by atoms with Gasteiger partial charge in [-0.1, -0.05) is 36.2 Å². The van der Waals surface area contributed by atoms with Gasteiger partial charge in [-0.3, -0.25) is 0 Å². The van der Waals surface area contributed by atoms with Crippen molar-refractivity contribution >= 4 is 15.9 Å². The number of hydrogen-bond donors (Lipinski definition) is 1. The lowest BCUT2D eigenvalue weighted by molar-refractivity contribution is -0.0640. The van der Waals surface area contributed by atoms with Crippen molar-refractivity contribution in [3.63, 3.8) is 0 Å². The summed E-state index contributed by atoms with van der Waals surface area (Å²) in [5, 5.41) is 3.49. The Morgan fingerprint density at radius 1 is 1.35 bits per heavy atom. The summed E-state index contributed by atoms with van der Waals surface area (Å²) < 4.78 is 7.70. The van der Waals surface area contributed by atoms with Crippen LogP contribution in [0, 0.1) is 11.8 Å². The van der Waals surface area contributed by atoms with E-state index in [1.807, 2.05) is 0 Å². The van der Waals surface area contributed by atoms with Crippen LogP contribution in [0.1, 0.15) is 51.1 Å². The van der Waals surface area contributed by atoms with Gasteiger partial charge in [0, 0.05) is 22.5 Å². The van der Waals surface area contributed by atoms with Gasteiger partial charge in [0.25, 0.3) is 0 Å². The van der Waals surface area contributed by atoms with Crippen molar-refractivity contribution < 1.29 is 4.74 Å². The highest BCUT2D eigenvalue weighted by Gasteiger charge is 2.48. The molecule has 1 aromatic carbocycles. The van der Waals surface area contributed by atoms with E-state index < -0.39 is 0 Å². The molecule has 0 amide bonds. The van der Waals surface area contributed by atoms with Gasteiger partial charge in [0.1, 0.15) is 11.4 Å². The van der Waals surface area contributed by atoms with E-state index in [0.29, 0.717) is 12.0 Å². The molecule has 0 aromatic heterocycles. The molecule has 0 bridgehead atoms. The summed E-state index contributed by atoms with van der Waals surface area (Å²) in [6.45, 7) is 4.75. The van der Waals surface area contributed by atoms with E-state index in [1.165, 1.54) is 24.8 Å². The summed E-state index contributed by atoms with van der Waals surface area (Å²) in [5.41, 5.74) is 1.31. The fourth-order valence-corrected chi connectivity index (χ4v) is 4.39. The normalized spacial score (nSPS) is 36.5. The van der Waals surface area contributed by atoms with Gasteiger partial charge in [-0.25, -0.2) is 0 Å². The average molecular weight is 338 g/mol. The molecule has 1 aliphatic heterocycles. The molecule has 110 valence electrons. The third-order valence-corrected chi connectivity index (χ3v) is 5.99. The average Bonchev–Trinajstić information content (AvgIpc) is 2.44. The molecule has 0 saturated heterocycles. The van der Waals surface area contributed by atoms with E-state index in [2.05, 4.69) is 60.3 Å². The quantitative estimate of drug-likeness (QED) is 0.802. The standard InChI is InChI=1S/C17H24BrNO/c1-11-5-4-8-17(12(11)2)10-15(19-3)14-9-13(18)6-7-16(14)20-17/h6-7,9,11-12,15,19H,4-5,8,10H2,1-3H3. The molecular weight excluding hydrogens is 314 g/mol. The van der Waals surface area contributed by atoms with E-state index in [4.69, 9.17) is 4.74 Å². The Bertz CT molecular complexity index is 504. The van der Waals surface area contributed by atoms with Crippen molar-refractivity contribution in [1.29, 1.82) is 0 Å². The summed E-state index contributed by atoms with van der Waals surface area (Å²) in [6.07, 6.45) is 4.89. The van der Waals surface area contributed by atoms with Gasteiger partial charge in [-0.15, -0.1) is 0 Å². The first-order valence-corrected chi connectivity index (χ1v) is 8.51. The first kappa shape index (κ1) is 14.4. The summed E-state index contributed by atoms with van der Waals surface area (Å²) in [6, 6.07) is 6.79. The second kappa shape index (κ2) is 5.34. The molecule has 1 saturated carbocycles. The third-order valence-electron chi connectivity index (χ3n) is 5.50. The van der Waals surface area contributed by atoms with Crippen LogP contribution in [0.15, 0.2) is 22.7 Å². The van der Waals surface area contributed by atoms with Crippen LogP contribution in [0.5, 0.6) is 5.75 Å². The van der Waals surface area contributed by atoms with Crippen LogP contribution in [-0.2, 0) is 0 Å². The highest BCUT2D eigenvalue weighted by molar-refractivity contribution is 9.10. The van der Waals surface area contributed by atoms with Gasteiger partial charge < -0.3 is 10.1 Å². The maximum absolute atomic E-state index is 6.57. The molecule has 1 spiro atoms. The van der Waals surface area contributed by atoms with Gasteiger partial charge in [0.05, 0.1) is 0 Å². The second-order valence-corrected chi connectivity index (χ2v) is 7.47.